The SMILES string of the molecule is Cc1nc(Br)cc(Sc2nc(C)c(C)o2)n1. The van der Waals surface area contributed by atoms with Crippen molar-refractivity contribution in [3.8, 4) is 0 Å². The van der Waals surface area contributed by atoms with E-state index in [1.165, 1.54) is 11.8 Å². The van der Waals surface area contributed by atoms with Gasteiger partial charge in [-0.25, -0.2) is 15.0 Å². The van der Waals surface area contributed by atoms with Gasteiger partial charge in [0.15, 0.2) is 0 Å². The molecule has 2 heterocycles. The maximum Gasteiger partial charge on any atom is 0.262 e. The summed E-state index contributed by atoms with van der Waals surface area (Å²) < 4.78 is 6.24. The van der Waals surface area contributed by atoms with Gasteiger partial charge in [0.1, 0.15) is 21.2 Å². The van der Waals surface area contributed by atoms with E-state index in [0.717, 1.165) is 26.9 Å². The standard InChI is InChI=1S/C10H10BrN3OS/c1-5-6(2)15-10(12-5)16-9-4-8(11)13-7(3)14-9/h4H,1-3H3. The molecule has 2 aromatic heterocycles. The molecule has 0 aliphatic rings. The van der Waals surface area contributed by atoms with Crippen molar-refractivity contribution in [3.05, 3.63) is 27.9 Å². The van der Waals surface area contributed by atoms with Gasteiger partial charge in [0.25, 0.3) is 5.22 Å². The molecule has 0 amide bonds. The summed E-state index contributed by atoms with van der Waals surface area (Å²) in [5.41, 5.74) is 0.910. The molecule has 0 N–H and O–H groups in total. The summed E-state index contributed by atoms with van der Waals surface area (Å²) in [4.78, 5) is 12.7. The summed E-state index contributed by atoms with van der Waals surface area (Å²) >= 11 is 4.72. The Hall–Kier alpha value is -0.880. The van der Waals surface area contributed by atoms with Crippen molar-refractivity contribution in [1.29, 1.82) is 0 Å². The molecule has 2 aromatic rings. The average Bonchev–Trinajstić information content (AvgIpc) is 2.43. The van der Waals surface area contributed by atoms with Crippen LogP contribution in [0.4, 0.5) is 0 Å². The Morgan fingerprint density at radius 1 is 1.19 bits per heavy atom. The Balaban J connectivity index is 2.26. The van der Waals surface area contributed by atoms with Crippen molar-refractivity contribution >= 4 is 27.7 Å². The van der Waals surface area contributed by atoms with E-state index in [1.807, 2.05) is 26.8 Å². The first kappa shape index (κ1) is 11.6. The van der Waals surface area contributed by atoms with Gasteiger partial charge in [0.05, 0.1) is 5.69 Å². The Morgan fingerprint density at radius 3 is 2.50 bits per heavy atom. The van der Waals surface area contributed by atoms with E-state index in [9.17, 15) is 0 Å². The van der Waals surface area contributed by atoms with Crippen molar-refractivity contribution in [2.24, 2.45) is 0 Å². The monoisotopic (exact) mass is 299 g/mol. The third-order valence-electron chi connectivity index (χ3n) is 1.98. The van der Waals surface area contributed by atoms with E-state index >= 15 is 0 Å². The van der Waals surface area contributed by atoms with Crippen LogP contribution in [0.25, 0.3) is 0 Å². The zero-order valence-electron chi connectivity index (χ0n) is 9.11. The smallest absolute Gasteiger partial charge is 0.262 e. The lowest BCUT2D eigenvalue weighted by molar-refractivity contribution is 0.431. The average molecular weight is 300 g/mol. The van der Waals surface area contributed by atoms with Crippen molar-refractivity contribution in [2.75, 3.05) is 0 Å². The van der Waals surface area contributed by atoms with Crippen LogP contribution in [-0.4, -0.2) is 15.0 Å². The number of aryl methyl sites for hydroxylation is 3. The number of hydrogen-bond acceptors (Lipinski definition) is 5. The molecule has 0 saturated heterocycles. The second-order valence-corrected chi connectivity index (χ2v) is 5.08. The van der Waals surface area contributed by atoms with Gasteiger partial charge in [-0.1, -0.05) is 0 Å². The van der Waals surface area contributed by atoms with Crippen molar-refractivity contribution in [1.82, 2.24) is 15.0 Å². The van der Waals surface area contributed by atoms with E-state index in [-0.39, 0.29) is 0 Å². The van der Waals surface area contributed by atoms with Crippen LogP contribution in [-0.2, 0) is 0 Å². The van der Waals surface area contributed by atoms with E-state index in [2.05, 4.69) is 30.9 Å². The van der Waals surface area contributed by atoms with Gasteiger partial charge in [0, 0.05) is 6.07 Å². The normalized spacial score (nSPS) is 10.8. The molecule has 0 bridgehead atoms. The molecule has 84 valence electrons. The summed E-state index contributed by atoms with van der Waals surface area (Å²) in [6.07, 6.45) is 0. The van der Waals surface area contributed by atoms with Crippen LogP contribution in [0.2, 0.25) is 0 Å². The highest BCUT2D eigenvalue weighted by Gasteiger charge is 2.09. The summed E-state index contributed by atoms with van der Waals surface area (Å²) in [5, 5.41) is 1.43. The number of rotatable bonds is 2. The molecule has 0 radical (unpaired) electrons. The van der Waals surface area contributed by atoms with Gasteiger partial charge in [-0.3, -0.25) is 0 Å². The fourth-order valence-electron chi connectivity index (χ4n) is 1.13. The molecule has 0 aliphatic carbocycles. The summed E-state index contributed by atoms with van der Waals surface area (Å²) in [6.45, 7) is 5.67. The first-order valence-corrected chi connectivity index (χ1v) is 6.28. The molecule has 4 nitrogen and oxygen atoms in total. The maximum absolute atomic E-state index is 5.47. The zero-order valence-corrected chi connectivity index (χ0v) is 11.5. The summed E-state index contributed by atoms with van der Waals surface area (Å²) in [5.74, 6) is 1.56. The highest BCUT2D eigenvalue weighted by atomic mass is 79.9. The van der Waals surface area contributed by atoms with Crippen molar-refractivity contribution < 1.29 is 4.42 Å². The molecular formula is C10H10BrN3OS. The molecule has 6 heteroatoms. The van der Waals surface area contributed by atoms with Crippen LogP contribution in [0.3, 0.4) is 0 Å². The lowest BCUT2D eigenvalue weighted by atomic mass is 10.4. The number of hydrogen-bond donors (Lipinski definition) is 0. The van der Waals surface area contributed by atoms with Gasteiger partial charge >= 0.3 is 0 Å². The molecule has 2 rings (SSSR count). The molecule has 0 spiro atoms. The molecule has 0 unspecified atom stereocenters. The topological polar surface area (TPSA) is 51.8 Å². The van der Waals surface area contributed by atoms with Crippen LogP contribution in [0.5, 0.6) is 0 Å². The van der Waals surface area contributed by atoms with E-state index < -0.39 is 0 Å². The van der Waals surface area contributed by atoms with E-state index in [4.69, 9.17) is 4.42 Å². The molecule has 0 aliphatic heterocycles. The first-order valence-electron chi connectivity index (χ1n) is 4.67. The van der Waals surface area contributed by atoms with Gasteiger partial charge in [-0.05, 0) is 48.5 Å². The van der Waals surface area contributed by atoms with E-state index in [0.29, 0.717) is 5.22 Å². The third-order valence-corrected chi connectivity index (χ3v) is 3.16. The van der Waals surface area contributed by atoms with Gasteiger partial charge in [-0.2, -0.15) is 0 Å². The lowest BCUT2D eigenvalue weighted by Crippen LogP contribution is -1.90. The first-order chi connectivity index (χ1) is 7.54. The number of aromatic nitrogens is 3. The highest BCUT2D eigenvalue weighted by Crippen LogP contribution is 2.28. The van der Waals surface area contributed by atoms with Gasteiger partial charge < -0.3 is 4.42 Å². The van der Waals surface area contributed by atoms with Crippen LogP contribution in [0, 0.1) is 20.8 Å². The fraction of sp³-hybridized carbons (Fsp3) is 0.300. The molecule has 16 heavy (non-hydrogen) atoms. The number of halogens is 1. The molecule has 0 fully saturated rings. The van der Waals surface area contributed by atoms with Crippen LogP contribution in [0.1, 0.15) is 17.3 Å². The predicted molar refractivity (Wildman–Crippen MR) is 64.6 cm³/mol. The lowest BCUT2D eigenvalue weighted by Gasteiger charge is -1.98. The minimum atomic E-state index is 0.611. The highest BCUT2D eigenvalue weighted by molar-refractivity contribution is 9.10. The Morgan fingerprint density at radius 2 is 1.94 bits per heavy atom. The minimum Gasteiger partial charge on any atom is -0.436 e. The quantitative estimate of drug-likeness (QED) is 0.796. The third kappa shape index (κ3) is 2.62. The fourth-order valence-corrected chi connectivity index (χ4v) is 2.64. The van der Waals surface area contributed by atoms with E-state index in [1.54, 1.807) is 0 Å². The number of oxazole rings is 1. The largest absolute Gasteiger partial charge is 0.436 e. The summed E-state index contributed by atoms with van der Waals surface area (Å²) in [6, 6.07) is 1.84. The van der Waals surface area contributed by atoms with Gasteiger partial charge in [0.2, 0.25) is 0 Å². The molecule has 0 atom stereocenters. The number of nitrogens with zero attached hydrogens (tertiary/aromatic N) is 3. The molecule has 0 saturated carbocycles. The Kier molecular flexibility index (Phi) is 3.30. The molecule has 0 aromatic carbocycles. The Labute approximate surface area is 106 Å². The van der Waals surface area contributed by atoms with Gasteiger partial charge in [-0.15, -0.1) is 0 Å². The minimum absolute atomic E-state index is 0.611. The van der Waals surface area contributed by atoms with Crippen molar-refractivity contribution in [2.45, 2.75) is 31.0 Å². The molecular weight excluding hydrogens is 290 g/mol. The van der Waals surface area contributed by atoms with Crippen LogP contribution in [0.15, 0.2) is 25.3 Å². The Bertz CT molecular complexity index is 487. The predicted octanol–water partition coefficient (Wildman–Crippen LogP) is 3.30. The summed E-state index contributed by atoms with van der Waals surface area (Å²) in [7, 11) is 0. The second-order valence-electron chi connectivity index (χ2n) is 3.30. The zero-order chi connectivity index (χ0) is 11.7. The second kappa shape index (κ2) is 4.55. The van der Waals surface area contributed by atoms with Crippen LogP contribution < -0.4 is 0 Å². The van der Waals surface area contributed by atoms with Crippen LogP contribution >= 0.6 is 27.7 Å². The van der Waals surface area contributed by atoms with Crippen molar-refractivity contribution in [3.63, 3.8) is 0 Å². The maximum atomic E-state index is 5.47.